The summed E-state index contributed by atoms with van der Waals surface area (Å²) in [6.45, 7) is 4.62. The molecule has 1 aliphatic heterocycles. The number of ether oxygens (including phenoxy) is 2. The second-order valence-electron chi connectivity index (χ2n) is 7.93. The molecule has 3 rings (SSSR count). The summed E-state index contributed by atoms with van der Waals surface area (Å²) in [7, 11) is 1.22. The summed E-state index contributed by atoms with van der Waals surface area (Å²) in [5, 5.41) is 0.831. The van der Waals surface area contributed by atoms with E-state index < -0.39 is 28.8 Å². The predicted molar refractivity (Wildman–Crippen MR) is 121 cm³/mol. The molecule has 2 aromatic carbocycles. The second kappa shape index (κ2) is 8.96. The highest BCUT2D eigenvalue weighted by Crippen LogP contribution is 2.46. The van der Waals surface area contributed by atoms with Crippen LogP contribution in [0.4, 0.5) is 0 Å². The molecule has 1 atom stereocenters. The SMILES string of the molecule is COC(=O)C1(c2ccccc2)C(=O)N(C(C)(C)c2cc(Cl)cc(Cl)c2)C=C1COC(C)=O. The number of benzene rings is 2. The highest BCUT2D eigenvalue weighted by atomic mass is 35.5. The van der Waals surface area contributed by atoms with Crippen molar-refractivity contribution in [3.05, 3.63) is 81.5 Å². The van der Waals surface area contributed by atoms with Gasteiger partial charge in [0.05, 0.1) is 12.6 Å². The standard InChI is InChI=1S/C24H23Cl2NO5/c1-15(28)32-14-18-13-27(23(2,3)17-10-19(25)12-20(26)11-17)21(29)24(18,22(30)31-4)16-8-6-5-7-9-16/h5-13H,14H2,1-4H3. The van der Waals surface area contributed by atoms with Gasteiger partial charge < -0.3 is 14.4 Å². The number of halogens is 2. The molecule has 0 bridgehead atoms. The summed E-state index contributed by atoms with van der Waals surface area (Å²) in [5.41, 5.74) is -1.38. The largest absolute Gasteiger partial charge is 0.468 e. The zero-order chi connectivity index (χ0) is 23.7. The number of amides is 1. The molecular formula is C24H23Cl2NO5. The van der Waals surface area contributed by atoms with Gasteiger partial charge in [-0.05, 0) is 43.2 Å². The molecular weight excluding hydrogens is 453 g/mol. The second-order valence-corrected chi connectivity index (χ2v) is 8.81. The minimum absolute atomic E-state index is 0.256. The van der Waals surface area contributed by atoms with Crippen LogP contribution in [0, 0.1) is 0 Å². The Hall–Kier alpha value is -2.83. The Labute approximate surface area is 196 Å². The Kier molecular flexibility index (Phi) is 6.67. The Balaban J connectivity index is 2.22. The van der Waals surface area contributed by atoms with E-state index in [1.807, 2.05) is 13.8 Å². The van der Waals surface area contributed by atoms with E-state index in [-0.39, 0.29) is 12.2 Å². The maximum absolute atomic E-state index is 14.0. The van der Waals surface area contributed by atoms with Crippen molar-refractivity contribution in [3.63, 3.8) is 0 Å². The van der Waals surface area contributed by atoms with Crippen LogP contribution in [-0.4, -0.2) is 36.5 Å². The molecule has 0 aliphatic carbocycles. The lowest BCUT2D eigenvalue weighted by Gasteiger charge is -2.37. The van der Waals surface area contributed by atoms with E-state index in [1.54, 1.807) is 54.7 Å². The minimum atomic E-state index is -1.80. The zero-order valence-electron chi connectivity index (χ0n) is 18.1. The van der Waals surface area contributed by atoms with Crippen molar-refractivity contribution in [1.29, 1.82) is 0 Å². The van der Waals surface area contributed by atoms with Gasteiger partial charge in [-0.25, -0.2) is 0 Å². The normalized spacial score (nSPS) is 18.4. The average molecular weight is 476 g/mol. The Morgan fingerprint density at radius 1 is 1.06 bits per heavy atom. The topological polar surface area (TPSA) is 72.9 Å². The van der Waals surface area contributed by atoms with E-state index in [0.29, 0.717) is 21.2 Å². The lowest BCUT2D eigenvalue weighted by atomic mass is 9.74. The van der Waals surface area contributed by atoms with Crippen molar-refractivity contribution >= 4 is 41.0 Å². The van der Waals surface area contributed by atoms with Gasteiger partial charge in [0.15, 0.2) is 5.41 Å². The molecule has 6 nitrogen and oxygen atoms in total. The summed E-state index contributed by atoms with van der Waals surface area (Å²) >= 11 is 12.4. The maximum Gasteiger partial charge on any atom is 0.330 e. The molecule has 8 heteroatoms. The fourth-order valence-corrected chi connectivity index (χ4v) is 4.43. The van der Waals surface area contributed by atoms with E-state index in [1.165, 1.54) is 18.9 Å². The van der Waals surface area contributed by atoms with Crippen LogP contribution in [0.2, 0.25) is 10.0 Å². The lowest BCUT2D eigenvalue weighted by molar-refractivity contribution is -0.155. The third kappa shape index (κ3) is 4.00. The van der Waals surface area contributed by atoms with Gasteiger partial charge in [-0.15, -0.1) is 0 Å². The number of esters is 2. The van der Waals surface area contributed by atoms with Crippen LogP contribution < -0.4 is 0 Å². The van der Waals surface area contributed by atoms with Crippen LogP contribution >= 0.6 is 23.2 Å². The lowest BCUT2D eigenvalue weighted by Crippen LogP contribution is -2.52. The van der Waals surface area contributed by atoms with E-state index in [9.17, 15) is 14.4 Å². The van der Waals surface area contributed by atoms with Crippen LogP contribution in [0.25, 0.3) is 0 Å². The van der Waals surface area contributed by atoms with Gasteiger partial charge in [0.1, 0.15) is 6.61 Å². The number of methoxy groups -OCH3 is 1. The molecule has 1 unspecified atom stereocenters. The summed E-state index contributed by atoms with van der Waals surface area (Å²) in [6.07, 6.45) is 1.55. The van der Waals surface area contributed by atoms with Gasteiger partial charge in [0.25, 0.3) is 5.91 Å². The van der Waals surface area contributed by atoms with E-state index in [0.717, 1.165) is 0 Å². The number of hydrogen-bond acceptors (Lipinski definition) is 5. The monoisotopic (exact) mass is 475 g/mol. The molecule has 0 spiro atoms. The Bertz CT molecular complexity index is 1080. The Morgan fingerprint density at radius 2 is 1.66 bits per heavy atom. The quantitative estimate of drug-likeness (QED) is 0.449. The number of rotatable bonds is 6. The molecule has 0 N–H and O–H groups in total. The summed E-state index contributed by atoms with van der Waals surface area (Å²) in [5.74, 6) is -1.84. The van der Waals surface area contributed by atoms with Gasteiger partial charge in [-0.1, -0.05) is 53.5 Å². The molecule has 0 saturated carbocycles. The number of nitrogens with zero attached hydrogens (tertiary/aromatic N) is 1. The molecule has 0 fully saturated rings. The first kappa shape index (κ1) is 23.8. The summed E-state index contributed by atoms with van der Waals surface area (Å²) < 4.78 is 10.3. The number of carbonyl (C=O) groups excluding carboxylic acids is 3. The van der Waals surface area contributed by atoms with E-state index in [4.69, 9.17) is 32.7 Å². The fourth-order valence-electron chi connectivity index (χ4n) is 3.90. The van der Waals surface area contributed by atoms with Gasteiger partial charge >= 0.3 is 11.9 Å². The third-order valence-electron chi connectivity index (χ3n) is 5.61. The molecule has 0 radical (unpaired) electrons. The highest BCUT2D eigenvalue weighted by molar-refractivity contribution is 6.34. The first-order valence-corrected chi connectivity index (χ1v) is 10.6. The van der Waals surface area contributed by atoms with E-state index >= 15 is 0 Å². The van der Waals surface area contributed by atoms with Crippen molar-refractivity contribution in [1.82, 2.24) is 4.90 Å². The fraction of sp³-hybridized carbons (Fsp3) is 0.292. The maximum atomic E-state index is 14.0. The number of carbonyl (C=O) groups is 3. The van der Waals surface area contributed by atoms with Crippen molar-refractivity contribution in [3.8, 4) is 0 Å². The molecule has 32 heavy (non-hydrogen) atoms. The molecule has 168 valence electrons. The van der Waals surface area contributed by atoms with Crippen LogP contribution in [0.1, 0.15) is 31.9 Å². The number of hydrogen-bond donors (Lipinski definition) is 0. The first-order chi connectivity index (χ1) is 15.0. The first-order valence-electron chi connectivity index (χ1n) is 9.84. The average Bonchev–Trinajstić information content (AvgIpc) is 3.05. The minimum Gasteiger partial charge on any atom is -0.468 e. The summed E-state index contributed by atoms with van der Waals surface area (Å²) in [4.78, 5) is 40.3. The molecule has 1 heterocycles. The van der Waals surface area contributed by atoms with Crippen molar-refractivity contribution in [2.24, 2.45) is 0 Å². The van der Waals surface area contributed by atoms with Gasteiger partial charge in [0.2, 0.25) is 0 Å². The van der Waals surface area contributed by atoms with Crippen LogP contribution in [0.3, 0.4) is 0 Å². The van der Waals surface area contributed by atoms with Crippen LogP contribution in [0.15, 0.2) is 60.3 Å². The van der Waals surface area contributed by atoms with Gasteiger partial charge in [-0.3, -0.25) is 14.4 Å². The smallest absolute Gasteiger partial charge is 0.330 e. The summed E-state index contributed by atoms with van der Waals surface area (Å²) in [6, 6.07) is 13.6. The van der Waals surface area contributed by atoms with Crippen molar-refractivity contribution in [2.75, 3.05) is 13.7 Å². The zero-order valence-corrected chi connectivity index (χ0v) is 19.7. The van der Waals surface area contributed by atoms with Crippen molar-refractivity contribution < 1.29 is 23.9 Å². The molecule has 1 aliphatic rings. The molecule has 2 aromatic rings. The van der Waals surface area contributed by atoms with Gasteiger partial charge in [-0.2, -0.15) is 0 Å². The van der Waals surface area contributed by atoms with Gasteiger partial charge in [0, 0.05) is 28.7 Å². The van der Waals surface area contributed by atoms with E-state index in [2.05, 4.69) is 0 Å². The van der Waals surface area contributed by atoms with Crippen LogP contribution in [-0.2, 0) is 34.8 Å². The predicted octanol–water partition coefficient (Wildman–Crippen LogP) is 4.63. The van der Waals surface area contributed by atoms with Crippen molar-refractivity contribution in [2.45, 2.75) is 31.7 Å². The van der Waals surface area contributed by atoms with Crippen LogP contribution in [0.5, 0.6) is 0 Å². The Morgan fingerprint density at radius 3 is 2.19 bits per heavy atom. The molecule has 0 saturated heterocycles. The molecule has 0 aromatic heterocycles. The molecule has 1 amide bonds. The third-order valence-corrected chi connectivity index (χ3v) is 6.04. The highest BCUT2D eigenvalue weighted by Gasteiger charge is 2.59.